The van der Waals surface area contributed by atoms with Gasteiger partial charge in [-0.25, -0.2) is 8.42 Å². The lowest BCUT2D eigenvalue weighted by molar-refractivity contribution is -0.128. The summed E-state index contributed by atoms with van der Waals surface area (Å²) in [6.45, 7) is 1.51. The number of sulfonamides is 1. The molecule has 0 saturated heterocycles. The number of hydrogen-bond acceptors (Lipinski definition) is 6. The maximum Gasteiger partial charge on any atom is 0.257 e. The highest BCUT2D eigenvalue weighted by atomic mass is 32.2. The van der Waals surface area contributed by atoms with Gasteiger partial charge in [0.15, 0.2) is 0 Å². The summed E-state index contributed by atoms with van der Waals surface area (Å²) in [5.41, 5.74) is 6.31. The molecule has 2 amide bonds. The van der Waals surface area contributed by atoms with Gasteiger partial charge in [0.2, 0.25) is 0 Å². The maximum absolute atomic E-state index is 12.2. The Morgan fingerprint density at radius 2 is 1.73 bits per heavy atom. The summed E-state index contributed by atoms with van der Waals surface area (Å²) >= 11 is 1.07. The molecule has 10 heteroatoms. The van der Waals surface area contributed by atoms with Crippen LogP contribution in [0, 0.1) is 6.92 Å². The van der Waals surface area contributed by atoms with Crippen LogP contribution < -0.4 is 16.2 Å². The summed E-state index contributed by atoms with van der Waals surface area (Å²) in [6.07, 6.45) is 0. The van der Waals surface area contributed by atoms with E-state index in [0.29, 0.717) is 0 Å². The molecule has 0 spiro atoms. The fourth-order valence-corrected chi connectivity index (χ4v) is 4.26. The van der Waals surface area contributed by atoms with Crippen LogP contribution in [-0.4, -0.2) is 44.7 Å². The van der Waals surface area contributed by atoms with Crippen molar-refractivity contribution in [2.75, 3.05) is 25.5 Å². The molecule has 2 rings (SSSR count). The van der Waals surface area contributed by atoms with E-state index in [1.165, 1.54) is 13.1 Å². The zero-order chi connectivity index (χ0) is 19.2. The summed E-state index contributed by atoms with van der Waals surface area (Å²) in [4.78, 5) is 23.6. The number of nitrogens with one attached hydrogen (secondary N) is 3. The van der Waals surface area contributed by atoms with Crippen LogP contribution in [0.15, 0.2) is 46.0 Å². The Hall–Kier alpha value is -2.43. The van der Waals surface area contributed by atoms with Gasteiger partial charge in [-0.1, -0.05) is 23.8 Å². The van der Waals surface area contributed by atoms with E-state index in [1.54, 1.807) is 11.4 Å². The van der Waals surface area contributed by atoms with Crippen LogP contribution >= 0.6 is 11.3 Å². The molecule has 0 radical (unpaired) electrons. The summed E-state index contributed by atoms with van der Waals surface area (Å²) in [5, 5.41) is 4.55. The van der Waals surface area contributed by atoms with Gasteiger partial charge in [-0.15, -0.1) is 11.3 Å². The highest BCUT2D eigenvalue weighted by molar-refractivity contribution is 7.91. The van der Waals surface area contributed by atoms with Gasteiger partial charge in [0.25, 0.3) is 21.8 Å². The fraction of sp³-hybridized carbons (Fsp3) is 0.250. The van der Waals surface area contributed by atoms with E-state index in [9.17, 15) is 18.0 Å². The Labute approximate surface area is 156 Å². The number of nitrogens with zero attached hydrogens (tertiary/aromatic N) is 1. The molecule has 26 heavy (non-hydrogen) atoms. The predicted octanol–water partition coefficient (Wildman–Crippen LogP) is 0.937. The second kappa shape index (κ2) is 8.79. The monoisotopic (exact) mass is 396 g/mol. The Morgan fingerprint density at radius 1 is 1.08 bits per heavy atom. The fourth-order valence-electron chi connectivity index (χ4n) is 1.93. The molecule has 0 aliphatic rings. The molecule has 0 saturated carbocycles. The number of benzene rings is 1. The molecule has 0 unspecified atom stereocenters. The van der Waals surface area contributed by atoms with E-state index in [1.807, 2.05) is 31.2 Å². The molecule has 0 bridgehead atoms. The molecule has 2 aromatic rings. The van der Waals surface area contributed by atoms with Crippen molar-refractivity contribution in [1.82, 2.24) is 15.2 Å². The normalized spacial score (nSPS) is 11.2. The van der Waals surface area contributed by atoms with Crippen molar-refractivity contribution in [3.8, 4) is 0 Å². The lowest BCUT2D eigenvalue weighted by Gasteiger charge is -2.16. The first-order valence-corrected chi connectivity index (χ1v) is 9.99. The zero-order valence-electron chi connectivity index (χ0n) is 14.4. The molecule has 0 fully saturated rings. The molecule has 1 heterocycles. The third-order valence-electron chi connectivity index (χ3n) is 3.37. The minimum atomic E-state index is -3.71. The third kappa shape index (κ3) is 5.55. The quantitative estimate of drug-likeness (QED) is 0.604. The molecule has 140 valence electrons. The largest absolute Gasteiger partial charge is 0.376 e. The van der Waals surface area contributed by atoms with E-state index in [0.717, 1.165) is 26.9 Å². The number of amides is 2. The van der Waals surface area contributed by atoms with Gasteiger partial charge in [0, 0.05) is 12.7 Å². The van der Waals surface area contributed by atoms with Gasteiger partial charge >= 0.3 is 0 Å². The molecular weight excluding hydrogens is 376 g/mol. The van der Waals surface area contributed by atoms with E-state index < -0.39 is 28.4 Å². The molecular formula is C16H20N4O4S2. The number of carbonyl (C=O) groups excluding carboxylic acids is 2. The zero-order valence-corrected chi connectivity index (χ0v) is 16.0. The standard InChI is InChI=1S/C16H20N4O4S2/c1-12-5-7-13(8-6-12)17-10-14(21)18-19-15(22)11-20(2)26(23,24)16-4-3-9-25-16/h3-9,17H,10-11H2,1-2H3,(H,18,21)(H,19,22). The third-order valence-corrected chi connectivity index (χ3v) is 6.55. The Morgan fingerprint density at radius 3 is 2.35 bits per heavy atom. The average Bonchev–Trinajstić information content (AvgIpc) is 3.15. The first kappa shape index (κ1) is 19.9. The van der Waals surface area contributed by atoms with E-state index in [2.05, 4.69) is 16.2 Å². The van der Waals surface area contributed by atoms with Gasteiger partial charge in [0.05, 0.1) is 13.1 Å². The lowest BCUT2D eigenvalue weighted by Crippen LogP contribution is -2.48. The Balaban J connectivity index is 1.75. The number of likely N-dealkylation sites (N-methyl/N-ethyl adjacent to an activating group) is 1. The van der Waals surface area contributed by atoms with Gasteiger partial charge in [-0.2, -0.15) is 4.31 Å². The second-order valence-electron chi connectivity index (χ2n) is 5.51. The SMILES string of the molecule is Cc1ccc(NCC(=O)NNC(=O)CN(C)S(=O)(=O)c2cccs2)cc1. The molecule has 0 atom stereocenters. The molecule has 3 N–H and O–H groups in total. The van der Waals surface area contributed by atoms with E-state index >= 15 is 0 Å². The summed E-state index contributed by atoms with van der Waals surface area (Å²) in [7, 11) is -2.41. The van der Waals surface area contributed by atoms with Gasteiger partial charge in [0.1, 0.15) is 4.21 Å². The number of rotatable bonds is 7. The topological polar surface area (TPSA) is 108 Å². The van der Waals surface area contributed by atoms with Crippen molar-refractivity contribution in [3.05, 3.63) is 47.3 Å². The number of thiophene rings is 1. The molecule has 1 aromatic heterocycles. The second-order valence-corrected chi connectivity index (χ2v) is 8.73. The van der Waals surface area contributed by atoms with Crippen LogP contribution in [-0.2, 0) is 19.6 Å². The van der Waals surface area contributed by atoms with E-state index in [4.69, 9.17) is 0 Å². The molecule has 1 aromatic carbocycles. The number of aryl methyl sites for hydroxylation is 1. The van der Waals surface area contributed by atoms with Crippen molar-refractivity contribution in [3.63, 3.8) is 0 Å². The number of carbonyl (C=O) groups is 2. The summed E-state index contributed by atoms with van der Waals surface area (Å²) in [5.74, 6) is -1.10. The van der Waals surface area contributed by atoms with Crippen molar-refractivity contribution < 1.29 is 18.0 Å². The number of anilines is 1. The van der Waals surface area contributed by atoms with Crippen molar-refractivity contribution >= 4 is 38.9 Å². The van der Waals surface area contributed by atoms with Gasteiger partial charge in [-0.3, -0.25) is 20.4 Å². The van der Waals surface area contributed by atoms with Crippen molar-refractivity contribution in [2.45, 2.75) is 11.1 Å². The summed E-state index contributed by atoms with van der Waals surface area (Å²) in [6, 6.07) is 10.6. The molecule has 0 aliphatic heterocycles. The number of hydrazine groups is 1. The Bertz CT molecular complexity index is 849. The first-order valence-electron chi connectivity index (χ1n) is 7.67. The van der Waals surface area contributed by atoms with Crippen molar-refractivity contribution in [1.29, 1.82) is 0 Å². The van der Waals surface area contributed by atoms with Crippen LogP contribution in [0.25, 0.3) is 0 Å². The van der Waals surface area contributed by atoms with Crippen LogP contribution in [0.1, 0.15) is 5.56 Å². The van der Waals surface area contributed by atoms with Crippen molar-refractivity contribution in [2.24, 2.45) is 0 Å². The van der Waals surface area contributed by atoms with E-state index in [-0.39, 0.29) is 10.8 Å². The van der Waals surface area contributed by atoms with Crippen LogP contribution in [0.2, 0.25) is 0 Å². The highest BCUT2D eigenvalue weighted by Gasteiger charge is 2.23. The van der Waals surface area contributed by atoms with Crippen LogP contribution in [0.3, 0.4) is 0 Å². The smallest absolute Gasteiger partial charge is 0.257 e. The summed E-state index contributed by atoms with van der Waals surface area (Å²) < 4.78 is 25.5. The van der Waals surface area contributed by atoms with Crippen LogP contribution in [0.4, 0.5) is 5.69 Å². The molecule has 0 aliphatic carbocycles. The number of hydrogen-bond donors (Lipinski definition) is 3. The minimum absolute atomic E-state index is 0.0350. The van der Waals surface area contributed by atoms with Crippen LogP contribution in [0.5, 0.6) is 0 Å². The molecule has 8 nitrogen and oxygen atoms in total. The average molecular weight is 396 g/mol. The first-order chi connectivity index (χ1) is 12.3. The lowest BCUT2D eigenvalue weighted by atomic mass is 10.2. The predicted molar refractivity (Wildman–Crippen MR) is 100 cm³/mol. The minimum Gasteiger partial charge on any atom is -0.376 e. The highest BCUT2D eigenvalue weighted by Crippen LogP contribution is 2.19. The Kier molecular flexibility index (Phi) is 6.72. The maximum atomic E-state index is 12.2. The van der Waals surface area contributed by atoms with Gasteiger partial charge < -0.3 is 5.32 Å². The van der Waals surface area contributed by atoms with Gasteiger partial charge in [-0.05, 0) is 30.5 Å².